The molecule has 2 N–H and O–H groups in total. The van der Waals surface area contributed by atoms with Crippen molar-refractivity contribution in [2.45, 2.75) is 38.7 Å². The maximum absolute atomic E-state index is 6.00. The van der Waals surface area contributed by atoms with Gasteiger partial charge in [-0.2, -0.15) is 0 Å². The second-order valence-electron chi connectivity index (χ2n) is 5.45. The summed E-state index contributed by atoms with van der Waals surface area (Å²) in [5.41, 5.74) is 8.11. The Kier molecular flexibility index (Phi) is 5.56. The molecule has 0 unspecified atom stereocenters. The summed E-state index contributed by atoms with van der Waals surface area (Å²) >= 11 is 5.30. The van der Waals surface area contributed by atoms with Crippen LogP contribution in [0.4, 0.5) is 0 Å². The summed E-state index contributed by atoms with van der Waals surface area (Å²) in [6, 6.07) is 18.3. The van der Waals surface area contributed by atoms with E-state index in [1.807, 2.05) is 30.3 Å². The Labute approximate surface area is 138 Å². The molecule has 0 aliphatic carbocycles. The summed E-state index contributed by atoms with van der Waals surface area (Å²) in [6.45, 7) is 4.83. The molecule has 2 aromatic carbocycles. The van der Waals surface area contributed by atoms with E-state index >= 15 is 0 Å². The summed E-state index contributed by atoms with van der Waals surface area (Å²) in [4.78, 5) is 0.565. The molecule has 0 aromatic heterocycles. The minimum absolute atomic E-state index is 0.215. The van der Waals surface area contributed by atoms with Crippen molar-refractivity contribution in [3.63, 3.8) is 0 Å². The summed E-state index contributed by atoms with van der Waals surface area (Å²) in [7, 11) is 0. The van der Waals surface area contributed by atoms with Crippen LogP contribution in [0.1, 0.15) is 37.8 Å². The second kappa shape index (κ2) is 7.41. The Morgan fingerprint density at radius 3 is 2.09 bits per heavy atom. The largest absolute Gasteiger partial charge is 0.489 e. The second-order valence-corrected chi connectivity index (χ2v) is 5.89. The fourth-order valence-electron chi connectivity index (χ4n) is 2.76. The number of ether oxygens (including phenoxy) is 1. The maximum Gasteiger partial charge on any atom is 0.119 e. The zero-order chi connectivity index (χ0) is 16.0. The highest BCUT2D eigenvalue weighted by molar-refractivity contribution is 7.80. The first-order valence-corrected chi connectivity index (χ1v) is 8.10. The van der Waals surface area contributed by atoms with Crippen molar-refractivity contribution in [3.05, 3.63) is 65.7 Å². The van der Waals surface area contributed by atoms with E-state index in [1.165, 1.54) is 0 Å². The third-order valence-electron chi connectivity index (χ3n) is 4.33. The predicted molar refractivity (Wildman–Crippen MR) is 96.3 cm³/mol. The lowest BCUT2D eigenvalue weighted by molar-refractivity contribution is 0.306. The topological polar surface area (TPSA) is 35.2 Å². The first kappa shape index (κ1) is 16.5. The SMILES string of the molecule is CCC(CC)(C(N)=S)c1ccc(OCc2ccccc2)cc1. The standard InChI is InChI=1S/C19H23NOS/c1-3-19(4-2,18(20)22)16-10-12-17(13-11-16)21-14-15-8-6-5-7-9-15/h5-13H,3-4,14H2,1-2H3,(H2,20,22). The molecule has 0 heterocycles. The third kappa shape index (κ3) is 3.47. The van der Waals surface area contributed by atoms with Gasteiger partial charge in [0, 0.05) is 5.41 Å². The normalized spacial score (nSPS) is 11.2. The van der Waals surface area contributed by atoms with Gasteiger partial charge in [0.25, 0.3) is 0 Å². The molecule has 0 aliphatic rings. The average molecular weight is 313 g/mol. The number of thiocarbonyl (C=S) groups is 1. The highest BCUT2D eigenvalue weighted by Crippen LogP contribution is 2.33. The molecule has 0 bridgehead atoms. The van der Waals surface area contributed by atoms with Gasteiger partial charge in [0.05, 0.1) is 4.99 Å². The van der Waals surface area contributed by atoms with Crippen LogP contribution in [0, 0.1) is 0 Å². The van der Waals surface area contributed by atoms with Crippen LogP contribution < -0.4 is 10.5 Å². The van der Waals surface area contributed by atoms with Gasteiger partial charge in [0.1, 0.15) is 12.4 Å². The number of benzene rings is 2. The van der Waals surface area contributed by atoms with Crippen LogP contribution in [0.25, 0.3) is 0 Å². The Balaban J connectivity index is 2.11. The van der Waals surface area contributed by atoms with Crippen molar-refractivity contribution >= 4 is 17.2 Å². The molecule has 0 spiro atoms. The van der Waals surface area contributed by atoms with Crippen molar-refractivity contribution in [2.24, 2.45) is 5.73 Å². The van der Waals surface area contributed by atoms with Crippen LogP contribution in [-0.2, 0) is 12.0 Å². The van der Waals surface area contributed by atoms with E-state index < -0.39 is 0 Å². The number of rotatable bonds is 7. The molecule has 22 heavy (non-hydrogen) atoms. The lowest BCUT2D eigenvalue weighted by atomic mass is 9.76. The van der Waals surface area contributed by atoms with E-state index in [0.29, 0.717) is 11.6 Å². The van der Waals surface area contributed by atoms with Gasteiger partial charge >= 0.3 is 0 Å². The molecule has 116 valence electrons. The van der Waals surface area contributed by atoms with Gasteiger partial charge in [-0.25, -0.2) is 0 Å². The molecular formula is C19H23NOS. The highest BCUT2D eigenvalue weighted by atomic mass is 32.1. The fraction of sp³-hybridized carbons (Fsp3) is 0.316. The smallest absolute Gasteiger partial charge is 0.119 e. The van der Waals surface area contributed by atoms with Gasteiger partial charge < -0.3 is 10.5 Å². The van der Waals surface area contributed by atoms with E-state index in [4.69, 9.17) is 22.7 Å². The summed E-state index contributed by atoms with van der Waals surface area (Å²) in [6.07, 6.45) is 1.81. The van der Waals surface area contributed by atoms with Crippen molar-refractivity contribution < 1.29 is 4.74 Å². The zero-order valence-corrected chi connectivity index (χ0v) is 14.0. The fourth-order valence-corrected chi connectivity index (χ4v) is 3.17. The summed E-state index contributed by atoms with van der Waals surface area (Å²) < 4.78 is 5.82. The summed E-state index contributed by atoms with van der Waals surface area (Å²) in [5.74, 6) is 0.858. The van der Waals surface area contributed by atoms with Crippen LogP contribution in [0.2, 0.25) is 0 Å². The predicted octanol–water partition coefficient (Wildman–Crippen LogP) is 4.61. The molecule has 2 rings (SSSR count). The van der Waals surface area contributed by atoms with Gasteiger partial charge in [0.15, 0.2) is 0 Å². The van der Waals surface area contributed by atoms with E-state index in [0.717, 1.165) is 29.7 Å². The van der Waals surface area contributed by atoms with Crippen LogP contribution in [0.3, 0.4) is 0 Å². The van der Waals surface area contributed by atoms with E-state index in [1.54, 1.807) is 0 Å². The van der Waals surface area contributed by atoms with Gasteiger partial charge in [-0.3, -0.25) is 0 Å². The van der Waals surface area contributed by atoms with Gasteiger partial charge in [-0.15, -0.1) is 0 Å². The number of nitrogens with two attached hydrogens (primary N) is 1. The van der Waals surface area contributed by atoms with Crippen molar-refractivity contribution in [1.82, 2.24) is 0 Å². The molecule has 0 saturated heterocycles. The van der Waals surface area contributed by atoms with Crippen molar-refractivity contribution in [1.29, 1.82) is 0 Å². The number of hydrogen-bond acceptors (Lipinski definition) is 2. The minimum Gasteiger partial charge on any atom is -0.489 e. The lowest BCUT2D eigenvalue weighted by Crippen LogP contribution is -2.38. The Morgan fingerprint density at radius 2 is 1.59 bits per heavy atom. The van der Waals surface area contributed by atoms with Crippen LogP contribution in [0.15, 0.2) is 54.6 Å². The van der Waals surface area contributed by atoms with Gasteiger partial charge in [-0.05, 0) is 36.1 Å². The first-order valence-electron chi connectivity index (χ1n) is 7.69. The molecule has 0 saturated carbocycles. The third-order valence-corrected chi connectivity index (χ3v) is 4.72. The average Bonchev–Trinajstić information content (AvgIpc) is 2.56. The monoisotopic (exact) mass is 313 g/mol. The first-order chi connectivity index (χ1) is 10.6. The Hall–Kier alpha value is -1.87. The van der Waals surface area contributed by atoms with Crippen LogP contribution >= 0.6 is 12.2 Å². The molecule has 0 atom stereocenters. The zero-order valence-electron chi connectivity index (χ0n) is 13.2. The van der Waals surface area contributed by atoms with Gasteiger partial charge in [0.2, 0.25) is 0 Å². The minimum atomic E-state index is -0.215. The number of hydrogen-bond donors (Lipinski definition) is 1. The molecular weight excluding hydrogens is 290 g/mol. The molecule has 2 aromatic rings. The van der Waals surface area contributed by atoms with Crippen LogP contribution in [0.5, 0.6) is 5.75 Å². The molecule has 0 fully saturated rings. The quantitative estimate of drug-likeness (QED) is 0.758. The van der Waals surface area contributed by atoms with Crippen molar-refractivity contribution in [2.75, 3.05) is 0 Å². The van der Waals surface area contributed by atoms with E-state index in [9.17, 15) is 0 Å². The Morgan fingerprint density at radius 1 is 1.00 bits per heavy atom. The molecule has 2 nitrogen and oxygen atoms in total. The van der Waals surface area contributed by atoms with E-state index in [-0.39, 0.29) is 5.41 Å². The van der Waals surface area contributed by atoms with E-state index in [2.05, 4.69) is 38.1 Å². The van der Waals surface area contributed by atoms with Crippen LogP contribution in [-0.4, -0.2) is 4.99 Å². The van der Waals surface area contributed by atoms with Crippen molar-refractivity contribution in [3.8, 4) is 5.75 Å². The highest BCUT2D eigenvalue weighted by Gasteiger charge is 2.31. The molecule has 0 aliphatic heterocycles. The molecule has 0 amide bonds. The lowest BCUT2D eigenvalue weighted by Gasteiger charge is -2.31. The Bertz CT molecular complexity index is 603. The molecule has 3 heteroatoms. The van der Waals surface area contributed by atoms with Gasteiger partial charge in [-0.1, -0.05) is 68.5 Å². The maximum atomic E-state index is 6.00. The summed E-state index contributed by atoms with van der Waals surface area (Å²) in [5, 5.41) is 0. The molecule has 0 radical (unpaired) electrons.